The number of hydrogen-bond acceptors (Lipinski definition) is 3. The lowest BCUT2D eigenvalue weighted by Crippen LogP contribution is -2.44. The molecule has 0 unspecified atom stereocenters. The fourth-order valence-corrected chi connectivity index (χ4v) is 2.35. The summed E-state index contributed by atoms with van der Waals surface area (Å²) in [6, 6.07) is 5.34. The highest BCUT2D eigenvalue weighted by Crippen LogP contribution is 2.23. The predicted molar refractivity (Wildman–Crippen MR) is 80.3 cm³/mol. The Labute approximate surface area is 124 Å². The molecule has 0 bridgehead atoms. The SMILES string of the molecule is Cc1ccc(N2C[C@H](NC(=O)NCCO)CC2=O)cc1C. The third-order valence-electron chi connectivity index (χ3n) is 3.66. The van der Waals surface area contributed by atoms with E-state index in [9.17, 15) is 9.59 Å². The van der Waals surface area contributed by atoms with Crippen LogP contribution >= 0.6 is 0 Å². The van der Waals surface area contributed by atoms with Gasteiger partial charge in [-0.05, 0) is 37.1 Å². The lowest BCUT2D eigenvalue weighted by Gasteiger charge is -2.18. The van der Waals surface area contributed by atoms with E-state index in [4.69, 9.17) is 5.11 Å². The average Bonchev–Trinajstić information content (AvgIpc) is 2.80. The van der Waals surface area contributed by atoms with Gasteiger partial charge in [-0.2, -0.15) is 0 Å². The second-order valence-corrected chi connectivity index (χ2v) is 5.30. The van der Waals surface area contributed by atoms with E-state index in [0.717, 1.165) is 11.3 Å². The molecule has 6 nitrogen and oxygen atoms in total. The number of aliphatic hydroxyl groups is 1. The molecule has 1 aromatic rings. The molecule has 1 aliphatic rings. The van der Waals surface area contributed by atoms with Crippen LogP contribution in [0.15, 0.2) is 18.2 Å². The molecular weight excluding hydrogens is 270 g/mol. The van der Waals surface area contributed by atoms with Crippen LogP contribution in [0.1, 0.15) is 17.5 Å². The van der Waals surface area contributed by atoms with Gasteiger partial charge < -0.3 is 20.6 Å². The number of hydrogen-bond donors (Lipinski definition) is 3. The van der Waals surface area contributed by atoms with Crippen LogP contribution in [0.25, 0.3) is 0 Å². The largest absolute Gasteiger partial charge is 0.395 e. The van der Waals surface area contributed by atoms with Gasteiger partial charge in [0.2, 0.25) is 5.91 Å². The summed E-state index contributed by atoms with van der Waals surface area (Å²) in [7, 11) is 0. The van der Waals surface area contributed by atoms with Gasteiger partial charge in [-0.15, -0.1) is 0 Å². The zero-order chi connectivity index (χ0) is 15.4. The number of aliphatic hydroxyl groups excluding tert-OH is 1. The molecule has 114 valence electrons. The second-order valence-electron chi connectivity index (χ2n) is 5.30. The Kier molecular flexibility index (Phi) is 4.80. The number of nitrogens with one attached hydrogen (secondary N) is 2. The van der Waals surface area contributed by atoms with Crippen molar-refractivity contribution in [1.29, 1.82) is 0 Å². The minimum atomic E-state index is -0.358. The minimum absolute atomic E-state index is 0.00529. The number of rotatable bonds is 4. The molecule has 1 aromatic carbocycles. The van der Waals surface area contributed by atoms with Gasteiger partial charge in [-0.3, -0.25) is 4.79 Å². The van der Waals surface area contributed by atoms with Crippen molar-refractivity contribution < 1.29 is 14.7 Å². The summed E-state index contributed by atoms with van der Waals surface area (Å²) >= 11 is 0. The standard InChI is InChI=1S/C15H21N3O3/c1-10-3-4-13(7-11(10)2)18-9-12(8-14(18)20)17-15(21)16-5-6-19/h3-4,7,12,19H,5-6,8-9H2,1-2H3,(H2,16,17,21)/t12-/m1/s1. The van der Waals surface area contributed by atoms with Gasteiger partial charge >= 0.3 is 6.03 Å². The van der Waals surface area contributed by atoms with Crippen LogP contribution in [0.2, 0.25) is 0 Å². The van der Waals surface area contributed by atoms with Crippen molar-refractivity contribution >= 4 is 17.6 Å². The number of carbonyl (C=O) groups is 2. The number of anilines is 1. The smallest absolute Gasteiger partial charge is 0.315 e. The highest BCUT2D eigenvalue weighted by Gasteiger charge is 2.31. The molecule has 0 aromatic heterocycles. The molecule has 3 N–H and O–H groups in total. The summed E-state index contributed by atoms with van der Waals surface area (Å²) < 4.78 is 0. The van der Waals surface area contributed by atoms with Gasteiger partial charge in [-0.1, -0.05) is 6.07 Å². The lowest BCUT2D eigenvalue weighted by atomic mass is 10.1. The van der Waals surface area contributed by atoms with Gasteiger partial charge in [0.05, 0.1) is 12.6 Å². The molecule has 1 heterocycles. The van der Waals surface area contributed by atoms with Gasteiger partial charge in [0, 0.05) is 25.2 Å². The first-order valence-corrected chi connectivity index (χ1v) is 7.04. The number of carbonyl (C=O) groups excluding carboxylic acids is 2. The van der Waals surface area contributed by atoms with Crippen LogP contribution < -0.4 is 15.5 Å². The first kappa shape index (κ1) is 15.3. The minimum Gasteiger partial charge on any atom is -0.395 e. The molecule has 0 spiro atoms. The summed E-state index contributed by atoms with van der Waals surface area (Å²) in [5.74, 6) is 0.00529. The van der Waals surface area contributed by atoms with E-state index in [1.54, 1.807) is 4.90 Å². The number of benzene rings is 1. The molecule has 0 aliphatic carbocycles. The molecule has 1 saturated heterocycles. The summed E-state index contributed by atoms with van der Waals surface area (Å²) in [6.07, 6.45) is 0.291. The maximum atomic E-state index is 12.1. The number of urea groups is 1. The Morgan fingerprint density at radius 3 is 2.81 bits per heavy atom. The maximum Gasteiger partial charge on any atom is 0.315 e. The topological polar surface area (TPSA) is 81.7 Å². The molecule has 1 aliphatic heterocycles. The molecule has 6 heteroatoms. The van der Waals surface area contributed by atoms with Crippen LogP contribution in [0, 0.1) is 13.8 Å². The first-order chi connectivity index (χ1) is 10.0. The molecular formula is C15H21N3O3. The summed E-state index contributed by atoms with van der Waals surface area (Å²) in [4.78, 5) is 25.3. The van der Waals surface area contributed by atoms with Gasteiger partial charge in [-0.25, -0.2) is 4.79 Å². The fraction of sp³-hybridized carbons (Fsp3) is 0.467. The Morgan fingerprint density at radius 1 is 1.38 bits per heavy atom. The van der Waals surface area contributed by atoms with E-state index < -0.39 is 0 Å². The zero-order valence-electron chi connectivity index (χ0n) is 12.3. The van der Waals surface area contributed by atoms with Crippen LogP contribution in [0.4, 0.5) is 10.5 Å². The van der Waals surface area contributed by atoms with Crippen LogP contribution in [-0.4, -0.2) is 42.8 Å². The summed E-state index contributed by atoms with van der Waals surface area (Å²) in [6.45, 7) is 4.60. The third-order valence-corrected chi connectivity index (χ3v) is 3.66. The molecule has 1 fully saturated rings. The van der Waals surface area contributed by atoms with E-state index in [-0.39, 0.29) is 31.1 Å². The van der Waals surface area contributed by atoms with Crippen molar-refractivity contribution in [2.75, 3.05) is 24.6 Å². The van der Waals surface area contributed by atoms with Gasteiger partial charge in [0.15, 0.2) is 0 Å². The summed E-state index contributed by atoms with van der Waals surface area (Å²) in [5, 5.41) is 13.9. The molecule has 21 heavy (non-hydrogen) atoms. The van der Waals surface area contributed by atoms with Crippen molar-refractivity contribution in [2.45, 2.75) is 26.3 Å². The summed E-state index contributed by atoms with van der Waals surface area (Å²) in [5.41, 5.74) is 3.18. The Bertz CT molecular complexity index is 545. The quantitative estimate of drug-likeness (QED) is 0.764. The van der Waals surface area contributed by atoms with Crippen molar-refractivity contribution in [3.05, 3.63) is 29.3 Å². The van der Waals surface area contributed by atoms with E-state index in [2.05, 4.69) is 10.6 Å². The van der Waals surface area contributed by atoms with Crippen LogP contribution in [0.5, 0.6) is 0 Å². The zero-order valence-corrected chi connectivity index (χ0v) is 12.3. The second kappa shape index (κ2) is 6.58. The maximum absolute atomic E-state index is 12.1. The molecule has 2 rings (SSSR count). The van der Waals surface area contributed by atoms with Crippen molar-refractivity contribution in [3.8, 4) is 0 Å². The first-order valence-electron chi connectivity index (χ1n) is 7.04. The highest BCUT2D eigenvalue weighted by molar-refractivity contribution is 5.96. The van der Waals surface area contributed by atoms with E-state index in [0.29, 0.717) is 13.0 Å². The van der Waals surface area contributed by atoms with E-state index in [1.165, 1.54) is 5.56 Å². The average molecular weight is 291 g/mol. The highest BCUT2D eigenvalue weighted by atomic mass is 16.3. The Morgan fingerprint density at radius 2 is 2.14 bits per heavy atom. The monoisotopic (exact) mass is 291 g/mol. The predicted octanol–water partition coefficient (Wildman–Crippen LogP) is 0.700. The van der Waals surface area contributed by atoms with Crippen molar-refractivity contribution in [1.82, 2.24) is 10.6 Å². The van der Waals surface area contributed by atoms with Crippen LogP contribution in [-0.2, 0) is 4.79 Å². The Balaban J connectivity index is 1.99. The molecule has 0 saturated carbocycles. The van der Waals surface area contributed by atoms with E-state index >= 15 is 0 Å². The van der Waals surface area contributed by atoms with Gasteiger partial charge in [0.1, 0.15) is 0 Å². The Hall–Kier alpha value is -2.08. The van der Waals surface area contributed by atoms with E-state index in [1.807, 2.05) is 32.0 Å². The van der Waals surface area contributed by atoms with Crippen molar-refractivity contribution in [3.63, 3.8) is 0 Å². The van der Waals surface area contributed by atoms with Gasteiger partial charge in [0.25, 0.3) is 0 Å². The van der Waals surface area contributed by atoms with Crippen LogP contribution in [0.3, 0.4) is 0 Å². The normalized spacial score (nSPS) is 18.0. The molecule has 3 amide bonds. The number of nitrogens with zero attached hydrogens (tertiary/aromatic N) is 1. The number of amides is 3. The molecule has 1 atom stereocenters. The van der Waals surface area contributed by atoms with Crippen molar-refractivity contribution in [2.24, 2.45) is 0 Å². The fourth-order valence-electron chi connectivity index (χ4n) is 2.35. The number of aryl methyl sites for hydroxylation is 2. The third kappa shape index (κ3) is 3.72. The molecule has 0 radical (unpaired) electrons. The lowest BCUT2D eigenvalue weighted by molar-refractivity contribution is -0.117.